The number of aromatic nitrogens is 2. The molecule has 90 valence electrons. The molecule has 0 aliphatic carbocycles. The minimum atomic E-state index is 0.885. The number of nitrogens with one attached hydrogen (secondary N) is 1. The maximum absolute atomic E-state index is 4.56. The first-order valence-electron chi connectivity index (χ1n) is 5.45. The zero-order valence-electron chi connectivity index (χ0n) is 9.64. The number of hydrogen-bond donors (Lipinski definition) is 1. The summed E-state index contributed by atoms with van der Waals surface area (Å²) in [7, 11) is 0. The van der Waals surface area contributed by atoms with Gasteiger partial charge in [0.25, 0.3) is 0 Å². The minimum absolute atomic E-state index is 0.885. The van der Waals surface area contributed by atoms with E-state index in [9.17, 15) is 0 Å². The molecule has 0 spiro atoms. The maximum atomic E-state index is 4.56. The summed E-state index contributed by atoms with van der Waals surface area (Å²) in [5.41, 5.74) is 3.19. The van der Waals surface area contributed by atoms with Gasteiger partial charge in [0.2, 0.25) is 0 Å². The van der Waals surface area contributed by atoms with Crippen molar-refractivity contribution in [2.75, 3.05) is 5.32 Å². The molecule has 0 saturated carbocycles. The summed E-state index contributed by atoms with van der Waals surface area (Å²) in [6.45, 7) is 2.07. The molecule has 0 fully saturated rings. The fourth-order valence-corrected chi connectivity index (χ4v) is 2.93. The van der Waals surface area contributed by atoms with Crippen LogP contribution >= 0.6 is 27.3 Å². The van der Waals surface area contributed by atoms with Crippen LogP contribution < -0.4 is 5.32 Å². The minimum Gasteiger partial charge on any atom is -0.330 e. The van der Waals surface area contributed by atoms with Crippen LogP contribution in [-0.2, 0) is 0 Å². The Hall–Kier alpha value is -1.46. The quantitative estimate of drug-likeness (QED) is 0.755. The molecule has 0 amide bonds. The number of thiazole rings is 1. The van der Waals surface area contributed by atoms with Gasteiger partial charge in [0.15, 0.2) is 5.13 Å². The molecule has 0 unspecified atom stereocenters. The van der Waals surface area contributed by atoms with Crippen LogP contribution in [0.3, 0.4) is 0 Å². The lowest BCUT2D eigenvalue weighted by atomic mass is 10.2. The van der Waals surface area contributed by atoms with Gasteiger partial charge in [-0.05, 0) is 46.6 Å². The Morgan fingerprint density at radius 3 is 2.94 bits per heavy atom. The summed E-state index contributed by atoms with van der Waals surface area (Å²) in [6, 6.07) is 8.28. The van der Waals surface area contributed by atoms with Gasteiger partial charge in [0, 0.05) is 10.7 Å². The van der Waals surface area contributed by atoms with Crippen LogP contribution in [0.25, 0.3) is 10.2 Å². The molecule has 3 nitrogen and oxygen atoms in total. The zero-order chi connectivity index (χ0) is 12.5. The highest BCUT2D eigenvalue weighted by Crippen LogP contribution is 2.29. The molecule has 1 N–H and O–H groups in total. The topological polar surface area (TPSA) is 37.8 Å². The standard InChI is InChI=1S/C13H10BrN3S/c1-8-2-3-12-11(4-8)17-13(18-12)16-10-5-9(14)6-15-7-10/h2-7H,1H3,(H,16,17). The largest absolute Gasteiger partial charge is 0.330 e. The van der Waals surface area contributed by atoms with Crippen molar-refractivity contribution < 1.29 is 0 Å². The molecule has 5 heteroatoms. The van der Waals surface area contributed by atoms with E-state index < -0.39 is 0 Å². The highest BCUT2D eigenvalue weighted by atomic mass is 79.9. The molecule has 3 aromatic rings. The van der Waals surface area contributed by atoms with Crippen molar-refractivity contribution in [1.82, 2.24) is 9.97 Å². The molecule has 0 aliphatic heterocycles. The van der Waals surface area contributed by atoms with Gasteiger partial charge in [-0.15, -0.1) is 0 Å². The average molecular weight is 320 g/mol. The van der Waals surface area contributed by atoms with Crippen LogP contribution in [0, 0.1) is 6.92 Å². The van der Waals surface area contributed by atoms with Crippen molar-refractivity contribution in [2.24, 2.45) is 0 Å². The van der Waals surface area contributed by atoms with Crippen LogP contribution in [0.2, 0.25) is 0 Å². The highest BCUT2D eigenvalue weighted by molar-refractivity contribution is 9.10. The second kappa shape index (κ2) is 4.66. The predicted molar refractivity (Wildman–Crippen MR) is 79.6 cm³/mol. The van der Waals surface area contributed by atoms with Gasteiger partial charge in [-0.1, -0.05) is 17.4 Å². The van der Waals surface area contributed by atoms with E-state index in [1.165, 1.54) is 10.3 Å². The Bertz CT molecular complexity index is 708. The van der Waals surface area contributed by atoms with E-state index in [0.717, 1.165) is 20.8 Å². The van der Waals surface area contributed by atoms with Crippen molar-refractivity contribution in [3.05, 3.63) is 46.7 Å². The Morgan fingerprint density at radius 2 is 2.11 bits per heavy atom. The maximum Gasteiger partial charge on any atom is 0.188 e. The van der Waals surface area contributed by atoms with E-state index in [1.54, 1.807) is 23.7 Å². The Morgan fingerprint density at radius 1 is 1.22 bits per heavy atom. The SMILES string of the molecule is Cc1ccc2sc(Nc3cncc(Br)c3)nc2c1. The normalized spacial score (nSPS) is 10.8. The van der Waals surface area contributed by atoms with Crippen molar-refractivity contribution in [3.8, 4) is 0 Å². The number of aryl methyl sites for hydroxylation is 1. The second-order valence-electron chi connectivity index (χ2n) is 4.01. The van der Waals surface area contributed by atoms with Crippen molar-refractivity contribution in [2.45, 2.75) is 6.92 Å². The predicted octanol–water partition coefficient (Wildman–Crippen LogP) is 4.51. The van der Waals surface area contributed by atoms with Crippen LogP contribution in [0.1, 0.15) is 5.56 Å². The van der Waals surface area contributed by atoms with E-state index >= 15 is 0 Å². The third kappa shape index (κ3) is 2.37. The van der Waals surface area contributed by atoms with E-state index in [1.807, 2.05) is 6.07 Å². The average Bonchev–Trinajstić information content (AvgIpc) is 2.70. The number of nitrogens with zero attached hydrogens (tertiary/aromatic N) is 2. The molecular formula is C13H10BrN3S. The van der Waals surface area contributed by atoms with E-state index in [4.69, 9.17) is 0 Å². The number of pyridine rings is 1. The van der Waals surface area contributed by atoms with Crippen LogP contribution in [0.15, 0.2) is 41.1 Å². The second-order valence-corrected chi connectivity index (χ2v) is 5.95. The van der Waals surface area contributed by atoms with Gasteiger partial charge in [0.1, 0.15) is 0 Å². The summed E-state index contributed by atoms with van der Waals surface area (Å²) in [5.74, 6) is 0. The number of rotatable bonds is 2. The van der Waals surface area contributed by atoms with Gasteiger partial charge in [-0.25, -0.2) is 4.98 Å². The summed E-state index contributed by atoms with van der Waals surface area (Å²) in [4.78, 5) is 8.68. The van der Waals surface area contributed by atoms with Gasteiger partial charge >= 0.3 is 0 Å². The zero-order valence-corrected chi connectivity index (χ0v) is 12.0. The van der Waals surface area contributed by atoms with Crippen molar-refractivity contribution >= 4 is 48.3 Å². The number of fused-ring (bicyclic) bond motifs is 1. The number of halogens is 1. The lowest BCUT2D eigenvalue weighted by Gasteiger charge is -2.01. The van der Waals surface area contributed by atoms with Crippen LogP contribution in [0.4, 0.5) is 10.8 Å². The van der Waals surface area contributed by atoms with E-state index in [2.05, 4.69) is 56.3 Å². The smallest absolute Gasteiger partial charge is 0.188 e. The first-order valence-corrected chi connectivity index (χ1v) is 7.06. The van der Waals surface area contributed by atoms with Gasteiger partial charge in [0.05, 0.1) is 22.1 Å². The Balaban J connectivity index is 1.95. The van der Waals surface area contributed by atoms with Gasteiger partial charge < -0.3 is 5.32 Å². The first-order chi connectivity index (χ1) is 8.70. The first kappa shape index (κ1) is 11.6. The van der Waals surface area contributed by atoms with Crippen molar-refractivity contribution in [3.63, 3.8) is 0 Å². The summed E-state index contributed by atoms with van der Waals surface area (Å²) < 4.78 is 2.13. The van der Waals surface area contributed by atoms with Crippen LogP contribution in [-0.4, -0.2) is 9.97 Å². The van der Waals surface area contributed by atoms with Crippen LogP contribution in [0.5, 0.6) is 0 Å². The van der Waals surface area contributed by atoms with Gasteiger partial charge in [-0.3, -0.25) is 4.98 Å². The molecule has 3 rings (SSSR count). The van der Waals surface area contributed by atoms with E-state index in [-0.39, 0.29) is 0 Å². The molecule has 18 heavy (non-hydrogen) atoms. The number of benzene rings is 1. The molecule has 0 atom stereocenters. The molecule has 0 saturated heterocycles. The summed E-state index contributed by atoms with van der Waals surface area (Å²) >= 11 is 5.04. The molecule has 0 aliphatic rings. The Labute approximate surface area is 117 Å². The van der Waals surface area contributed by atoms with E-state index in [0.29, 0.717) is 0 Å². The van der Waals surface area contributed by atoms with Gasteiger partial charge in [-0.2, -0.15) is 0 Å². The lowest BCUT2D eigenvalue weighted by molar-refractivity contribution is 1.30. The monoisotopic (exact) mass is 319 g/mol. The molecule has 2 aromatic heterocycles. The third-order valence-electron chi connectivity index (χ3n) is 2.50. The highest BCUT2D eigenvalue weighted by Gasteiger charge is 2.04. The molecule has 2 heterocycles. The lowest BCUT2D eigenvalue weighted by Crippen LogP contribution is -1.89. The summed E-state index contributed by atoms with van der Waals surface area (Å²) in [5, 5.41) is 4.15. The van der Waals surface area contributed by atoms with Crippen molar-refractivity contribution in [1.29, 1.82) is 0 Å². The third-order valence-corrected chi connectivity index (χ3v) is 3.88. The number of hydrogen-bond acceptors (Lipinski definition) is 4. The number of anilines is 2. The molecule has 0 bridgehead atoms. The summed E-state index contributed by atoms with van der Waals surface area (Å²) in [6.07, 6.45) is 3.54. The molecule has 0 radical (unpaired) electrons. The fraction of sp³-hybridized carbons (Fsp3) is 0.0769. The Kier molecular flexibility index (Phi) is 3.01. The molecular weight excluding hydrogens is 310 g/mol. The molecule has 1 aromatic carbocycles. The fourth-order valence-electron chi connectivity index (χ4n) is 1.69.